The Morgan fingerprint density at radius 2 is 2.13 bits per heavy atom. The fraction of sp³-hybridized carbons (Fsp3) is 0.667. The molecular formula is C12H20N2S. The van der Waals surface area contributed by atoms with Crippen LogP contribution in [0.3, 0.4) is 0 Å². The predicted octanol–water partition coefficient (Wildman–Crippen LogP) is 2.36. The molecule has 3 N–H and O–H groups in total. The zero-order chi connectivity index (χ0) is 10.5. The van der Waals surface area contributed by atoms with Crippen molar-refractivity contribution >= 4 is 11.3 Å². The second-order valence-electron chi connectivity index (χ2n) is 4.49. The van der Waals surface area contributed by atoms with Gasteiger partial charge in [0.25, 0.3) is 0 Å². The van der Waals surface area contributed by atoms with Crippen molar-refractivity contribution in [1.82, 2.24) is 5.32 Å². The highest BCUT2D eigenvalue weighted by Gasteiger charge is 2.17. The van der Waals surface area contributed by atoms with Gasteiger partial charge in [-0.2, -0.15) is 0 Å². The van der Waals surface area contributed by atoms with E-state index in [1.807, 2.05) is 11.3 Å². The van der Waals surface area contributed by atoms with Crippen molar-refractivity contribution in [2.45, 2.75) is 38.3 Å². The summed E-state index contributed by atoms with van der Waals surface area (Å²) in [6, 6.07) is 4.77. The SMILES string of the molecule is NC1CCC(CNCc2cccs2)CC1. The minimum absolute atomic E-state index is 0.471. The van der Waals surface area contributed by atoms with E-state index in [0.29, 0.717) is 6.04 Å². The predicted molar refractivity (Wildman–Crippen MR) is 66.0 cm³/mol. The van der Waals surface area contributed by atoms with E-state index in [2.05, 4.69) is 22.8 Å². The summed E-state index contributed by atoms with van der Waals surface area (Å²) in [5, 5.41) is 5.68. The van der Waals surface area contributed by atoms with Crippen LogP contribution in [0.15, 0.2) is 17.5 Å². The second-order valence-corrected chi connectivity index (χ2v) is 5.52. The number of nitrogens with two attached hydrogens (primary N) is 1. The fourth-order valence-electron chi connectivity index (χ4n) is 2.21. The van der Waals surface area contributed by atoms with Crippen molar-refractivity contribution in [1.29, 1.82) is 0 Å². The normalized spacial score (nSPS) is 26.7. The van der Waals surface area contributed by atoms with Crippen LogP contribution in [0.1, 0.15) is 30.6 Å². The van der Waals surface area contributed by atoms with E-state index in [1.54, 1.807) is 0 Å². The van der Waals surface area contributed by atoms with Crippen LogP contribution in [0.4, 0.5) is 0 Å². The molecule has 0 bridgehead atoms. The van der Waals surface area contributed by atoms with Crippen molar-refractivity contribution < 1.29 is 0 Å². The molecular weight excluding hydrogens is 204 g/mol. The molecule has 1 fully saturated rings. The molecule has 0 spiro atoms. The molecule has 1 aliphatic carbocycles. The lowest BCUT2D eigenvalue weighted by molar-refractivity contribution is 0.314. The molecule has 84 valence electrons. The smallest absolute Gasteiger partial charge is 0.0299 e. The third-order valence-corrected chi connectivity index (χ3v) is 4.08. The lowest BCUT2D eigenvalue weighted by Crippen LogP contribution is -2.31. The first-order valence-electron chi connectivity index (χ1n) is 5.83. The summed E-state index contributed by atoms with van der Waals surface area (Å²) in [5.74, 6) is 0.852. The highest BCUT2D eigenvalue weighted by Crippen LogP contribution is 2.22. The third-order valence-electron chi connectivity index (χ3n) is 3.20. The summed E-state index contributed by atoms with van der Waals surface area (Å²) in [7, 11) is 0. The summed E-state index contributed by atoms with van der Waals surface area (Å²) >= 11 is 1.83. The van der Waals surface area contributed by atoms with Gasteiger partial charge in [0, 0.05) is 17.5 Å². The molecule has 1 aromatic heterocycles. The Morgan fingerprint density at radius 1 is 1.33 bits per heavy atom. The van der Waals surface area contributed by atoms with Crippen LogP contribution in [0, 0.1) is 5.92 Å². The van der Waals surface area contributed by atoms with Crippen molar-refractivity contribution in [3.63, 3.8) is 0 Å². The molecule has 1 aromatic rings. The Bertz CT molecular complexity index is 263. The molecule has 0 unspecified atom stereocenters. The van der Waals surface area contributed by atoms with Crippen LogP contribution in [-0.4, -0.2) is 12.6 Å². The average molecular weight is 224 g/mol. The van der Waals surface area contributed by atoms with Gasteiger partial charge in [-0.25, -0.2) is 0 Å². The summed E-state index contributed by atoms with van der Waals surface area (Å²) in [5.41, 5.74) is 5.88. The fourth-order valence-corrected chi connectivity index (χ4v) is 2.88. The molecule has 0 saturated heterocycles. The van der Waals surface area contributed by atoms with Gasteiger partial charge < -0.3 is 11.1 Å². The lowest BCUT2D eigenvalue weighted by atomic mass is 9.86. The maximum absolute atomic E-state index is 5.88. The van der Waals surface area contributed by atoms with Crippen molar-refractivity contribution in [3.05, 3.63) is 22.4 Å². The first-order valence-corrected chi connectivity index (χ1v) is 6.71. The summed E-state index contributed by atoms with van der Waals surface area (Å²) < 4.78 is 0. The van der Waals surface area contributed by atoms with Gasteiger partial charge in [0.1, 0.15) is 0 Å². The van der Waals surface area contributed by atoms with E-state index in [4.69, 9.17) is 5.73 Å². The second kappa shape index (κ2) is 5.64. The number of hydrogen-bond acceptors (Lipinski definition) is 3. The zero-order valence-corrected chi connectivity index (χ0v) is 9.93. The van der Waals surface area contributed by atoms with Crippen molar-refractivity contribution in [2.24, 2.45) is 11.7 Å². The molecule has 3 heteroatoms. The Hall–Kier alpha value is -0.380. The molecule has 2 nitrogen and oxygen atoms in total. The van der Waals surface area contributed by atoms with Gasteiger partial charge in [-0.1, -0.05) is 6.07 Å². The van der Waals surface area contributed by atoms with E-state index in [9.17, 15) is 0 Å². The van der Waals surface area contributed by atoms with Gasteiger partial charge in [0.2, 0.25) is 0 Å². The Labute approximate surface area is 95.9 Å². The van der Waals surface area contributed by atoms with Gasteiger partial charge in [-0.3, -0.25) is 0 Å². The van der Waals surface area contributed by atoms with E-state index in [1.165, 1.54) is 30.6 Å². The molecule has 1 aliphatic rings. The van der Waals surface area contributed by atoms with Gasteiger partial charge in [0.05, 0.1) is 0 Å². The van der Waals surface area contributed by atoms with Crippen LogP contribution in [-0.2, 0) is 6.54 Å². The average Bonchev–Trinajstić information content (AvgIpc) is 2.74. The molecule has 1 heterocycles. The van der Waals surface area contributed by atoms with Gasteiger partial charge in [0.15, 0.2) is 0 Å². The van der Waals surface area contributed by atoms with Crippen LogP contribution in [0.25, 0.3) is 0 Å². The minimum Gasteiger partial charge on any atom is -0.328 e. The first kappa shape index (κ1) is 11.1. The number of rotatable bonds is 4. The minimum atomic E-state index is 0.471. The number of thiophene rings is 1. The van der Waals surface area contributed by atoms with Crippen molar-refractivity contribution in [2.75, 3.05) is 6.54 Å². The monoisotopic (exact) mass is 224 g/mol. The topological polar surface area (TPSA) is 38.0 Å². The molecule has 15 heavy (non-hydrogen) atoms. The summed E-state index contributed by atoms with van der Waals surface area (Å²) in [6.07, 6.45) is 5.04. The Morgan fingerprint density at radius 3 is 2.80 bits per heavy atom. The number of hydrogen-bond donors (Lipinski definition) is 2. The van der Waals surface area contributed by atoms with Gasteiger partial charge in [-0.15, -0.1) is 11.3 Å². The van der Waals surface area contributed by atoms with E-state index < -0.39 is 0 Å². The maximum Gasteiger partial charge on any atom is 0.0299 e. The van der Waals surface area contributed by atoms with Crippen LogP contribution in [0.2, 0.25) is 0 Å². The molecule has 0 amide bonds. The molecule has 0 aliphatic heterocycles. The molecule has 0 radical (unpaired) electrons. The molecule has 2 rings (SSSR count). The van der Waals surface area contributed by atoms with Gasteiger partial charge >= 0.3 is 0 Å². The largest absolute Gasteiger partial charge is 0.328 e. The standard InChI is InChI=1S/C12H20N2S/c13-11-5-3-10(4-6-11)8-14-9-12-2-1-7-15-12/h1-2,7,10-11,14H,3-6,8-9,13H2. The quantitative estimate of drug-likeness (QED) is 0.824. The molecule has 1 saturated carbocycles. The first-order chi connectivity index (χ1) is 7.34. The Kier molecular flexibility index (Phi) is 4.18. The van der Waals surface area contributed by atoms with Crippen LogP contribution in [0.5, 0.6) is 0 Å². The summed E-state index contributed by atoms with van der Waals surface area (Å²) in [4.78, 5) is 1.43. The van der Waals surface area contributed by atoms with Crippen LogP contribution >= 0.6 is 11.3 Å². The van der Waals surface area contributed by atoms with E-state index >= 15 is 0 Å². The third kappa shape index (κ3) is 3.59. The van der Waals surface area contributed by atoms with E-state index in [0.717, 1.165) is 19.0 Å². The van der Waals surface area contributed by atoms with Gasteiger partial charge in [-0.05, 0) is 49.6 Å². The van der Waals surface area contributed by atoms with Crippen LogP contribution < -0.4 is 11.1 Å². The lowest BCUT2D eigenvalue weighted by Gasteiger charge is -2.26. The summed E-state index contributed by atoms with van der Waals surface area (Å²) in [6.45, 7) is 2.19. The van der Waals surface area contributed by atoms with E-state index in [-0.39, 0.29) is 0 Å². The zero-order valence-electron chi connectivity index (χ0n) is 9.11. The Balaban J connectivity index is 1.62. The number of nitrogens with one attached hydrogen (secondary N) is 1. The molecule has 0 aromatic carbocycles. The highest BCUT2D eigenvalue weighted by atomic mass is 32.1. The van der Waals surface area contributed by atoms with Crippen molar-refractivity contribution in [3.8, 4) is 0 Å². The maximum atomic E-state index is 5.88. The molecule has 0 atom stereocenters. The highest BCUT2D eigenvalue weighted by molar-refractivity contribution is 7.09.